The molecule has 1 aromatic heterocycles. The average Bonchev–Trinajstić information content (AvgIpc) is 2.79. The van der Waals surface area contributed by atoms with Crippen LogP contribution in [0, 0.1) is 18.6 Å². The number of carbonyl (C=O) groups is 1. The molecule has 2 aromatic carbocycles. The predicted octanol–water partition coefficient (Wildman–Crippen LogP) is 4.55. The standard InChI is InChI=1S/C24H25F2N3O3S/c1-4-28(5-2)33(31,32)20-11-9-17(3)21(15-20)24(30)29(16-19-8-6-7-13-27-19)23-12-10-18(25)14-22(23)26/h6-15H,4-5,16H2,1-3H3. The molecule has 33 heavy (non-hydrogen) atoms. The first kappa shape index (κ1) is 24.5. The van der Waals surface area contributed by atoms with Gasteiger partial charge in [-0.3, -0.25) is 14.7 Å². The Hall–Kier alpha value is -3.17. The number of anilines is 1. The van der Waals surface area contributed by atoms with E-state index in [2.05, 4.69) is 4.98 Å². The monoisotopic (exact) mass is 473 g/mol. The SMILES string of the molecule is CCN(CC)S(=O)(=O)c1ccc(C)c(C(=O)N(Cc2ccccn2)c2ccc(F)cc2F)c1. The maximum absolute atomic E-state index is 14.7. The average molecular weight is 474 g/mol. The highest BCUT2D eigenvalue weighted by atomic mass is 32.2. The first-order valence-electron chi connectivity index (χ1n) is 10.5. The fourth-order valence-corrected chi connectivity index (χ4v) is 4.95. The van der Waals surface area contributed by atoms with Crippen LogP contribution >= 0.6 is 0 Å². The molecule has 3 aromatic rings. The van der Waals surface area contributed by atoms with Gasteiger partial charge in [0.1, 0.15) is 11.6 Å². The van der Waals surface area contributed by atoms with E-state index in [0.717, 1.165) is 11.0 Å². The highest BCUT2D eigenvalue weighted by Gasteiger charge is 2.27. The van der Waals surface area contributed by atoms with Gasteiger partial charge in [0.25, 0.3) is 5.91 Å². The van der Waals surface area contributed by atoms with Crippen LogP contribution in [0.5, 0.6) is 0 Å². The minimum absolute atomic E-state index is 0.0301. The van der Waals surface area contributed by atoms with E-state index in [4.69, 9.17) is 0 Å². The molecule has 0 aliphatic carbocycles. The number of carbonyl (C=O) groups excluding carboxylic acids is 1. The zero-order valence-corrected chi connectivity index (χ0v) is 19.4. The lowest BCUT2D eigenvalue weighted by atomic mass is 10.1. The second kappa shape index (κ2) is 10.2. The number of aromatic nitrogens is 1. The summed E-state index contributed by atoms with van der Waals surface area (Å²) in [6, 6.07) is 12.3. The molecule has 0 saturated heterocycles. The van der Waals surface area contributed by atoms with Gasteiger partial charge in [0.15, 0.2) is 0 Å². The lowest BCUT2D eigenvalue weighted by molar-refractivity contribution is 0.0983. The summed E-state index contributed by atoms with van der Waals surface area (Å²) in [6.07, 6.45) is 1.54. The number of sulfonamides is 1. The van der Waals surface area contributed by atoms with E-state index in [9.17, 15) is 22.0 Å². The Morgan fingerprint density at radius 1 is 1.00 bits per heavy atom. The molecule has 0 aliphatic heterocycles. The summed E-state index contributed by atoms with van der Waals surface area (Å²) in [5.41, 5.74) is 0.970. The van der Waals surface area contributed by atoms with Crippen molar-refractivity contribution in [1.82, 2.24) is 9.29 Å². The second-order valence-corrected chi connectivity index (χ2v) is 9.31. The molecule has 1 amide bonds. The van der Waals surface area contributed by atoms with Crippen molar-refractivity contribution in [3.8, 4) is 0 Å². The highest BCUT2D eigenvalue weighted by molar-refractivity contribution is 7.89. The zero-order chi connectivity index (χ0) is 24.2. The topological polar surface area (TPSA) is 70.6 Å². The van der Waals surface area contributed by atoms with Crippen LogP contribution < -0.4 is 4.90 Å². The molecule has 0 N–H and O–H groups in total. The molecule has 0 radical (unpaired) electrons. The molecule has 0 atom stereocenters. The van der Waals surface area contributed by atoms with Gasteiger partial charge in [-0.25, -0.2) is 17.2 Å². The third-order valence-corrected chi connectivity index (χ3v) is 7.32. The Morgan fingerprint density at radius 2 is 1.73 bits per heavy atom. The molecule has 0 fully saturated rings. The minimum atomic E-state index is -3.81. The number of pyridine rings is 1. The van der Waals surface area contributed by atoms with E-state index in [1.54, 1.807) is 51.2 Å². The number of benzene rings is 2. The molecule has 0 unspecified atom stereocenters. The second-order valence-electron chi connectivity index (χ2n) is 7.37. The molecule has 0 spiro atoms. The number of nitrogens with zero attached hydrogens (tertiary/aromatic N) is 3. The summed E-state index contributed by atoms with van der Waals surface area (Å²) in [4.78, 5) is 18.9. The molecule has 0 aliphatic rings. The number of amides is 1. The number of halogens is 2. The normalized spacial score (nSPS) is 11.6. The van der Waals surface area contributed by atoms with Gasteiger partial charge in [-0.15, -0.1) is 0 Å². The van der Waals surface area contributed by atoms with Crippen molar-refractivity contribution in [2.24, 2.45) is 0 Å². The lowest BCUT2D eigenvalue weighted by Crippen LogP contribution is -2.33. The van der Waals surface area contributed by atoms with E-state index in [0.29, 0.717) is 17.3 Å². The fourth-order valence-electron chi connectivity index (χ4n) is 3.47. The number of aryl methyl sites for hydroxylation is 1. The molecule has 9 heteroatoms. The Labute approximate surface area is 192 Å². The van der Waals surface area contributed by atoms with Crippen LogP contribution in [0.15, 0.2) is 65.7 Å². The van der Waals surface area contributed by atoms with E-state index in [1.807, 2.05) is 0 Å². The van der Waals surface area contributed by atoms with Gasteiger partial charge in [0.2, 0.25) is 10.0 Å². The molecular weight excluding hydrogens is 448 g/mol. The highest BCUT2D eigenvalue weighted by Crippen LogP contribution is 2.27. The van der Waals surface area contributed by atoms with Gasteiger partial charge >= 0.3 is 0 Å². The van der Waals surface area contributed by atoms with Crippen LogP contribution in [0.3, 0.4) is 0 Å². The number of hydrogen-bond donors (Lipinski definition) is 0. The third kappa shape index (κ3) is 5.26. The molecular formula is C24H25F2N3O3S. The summed E-state index contributed by atoms with van der Waals surface area (Å²) < 4.78 is 55.5. The molecule has 6 nitrogen and oxygen atoms in total. The number of hydrogen-bond acceptors (Lipinski definition) is 4. The van der Waals surface area contributed by atoms with Gasteiger partial charge < -0.3 is 0 Å². The Balaban J connectivity index is 2.11. The summed E-state index contributed by atoms with van der Waals surface area (Å²) in [5, 5.41) is 0. The molecule has 0 saturated carbocycles. The van der Waals surface area contributed by atoms with Crippen molar-refractivity contribution in [3.05, 3.63) is 89.2 Å². The van der Waals surface area contributed by atoms with Crippen molar-refractivity contribution in [2.45, 2.75) is 32.2 Å². The van der Waals surface area contributed by atoms with E-state index in [1.165, 1.54) is 22.5 Å². The van der Waals surface area contributed by atoms with Gasteiger partial charge in [-0.05, 0) is 48.9 Å². The molecule has 3 rings (SSSR count). The molecule has 174 valence electrons. The third-order valence-electron chi connectivity index (χ3n) is 5.27. The van der Waals surface area contributed by atoms with Crippen molar-refractivity contribution in [3.63, 3.8) is 0 Å². The van der Waals surface area contributed by atoms with Gasteiger partial charge in [-0.1, -0.05) is 26.0 Å². The summed E-state index contributed by atoms with van der Waals surface area (Å²) in [7, 11) is -3.81. The van der Waals surface area contributed by atoms with Gasteiger partial charge in [-0.2, -0.15) is 4.31 Å². The van der Waals surface area contributed by atoms with E-state index < -0.39 is 27.6 Å². The maximum Gasteiger partial charge on any atom is 0.259 e. The van der Waals surface area contributed by atoms with E-state index >= 15 is 0 Å². The predicted molar refractivity (Wildman–Crippen MR) is 122 cm³/mol. The summed E-state index contributed by atoms with van der Waals surface area (Å²) in [5.74, 6) is -2.31. The van der Waals surface area contributed by atoms with Crippen LogP contribution in [0.2, 0.25) is 0 Å². The van der Waals surface area contributed by atoms with Crippen LogP contribution in [0.4, 0.5) is 14.5 Å². The van der Waals surface area contributed by atoms with Crippen molar-refractivity contribution >= 4 is 21.6 Å². The van der Waals surface area contributed by atoms with Crippen LogP contribution in [-0.4, -0.2) is 36.7 Å². The summed E-state index contributed by atoms with van der Waals surface area (Å²) in [6.45, 7) is 5.60. The largest absolute Gasteiger partial charge is 0.299 e. The molecule has 1 heterocycles. The Morgan fingerprint density at radius 3 is 2.33 bits per heavy atom. The van der Waals surface area contributed by atoms with Crippen LogP contribution in [-0.2, 0) is 16.6 Å². The van der Waals surface area contributed by atoms with Gasteiger partial charge in [0, 0.05) is 30.9 Å². The Kier molecular flexibility index (Phi) is 7.55. The zero-order valence-electron chi connectivity index (χ0n) is 18.6. The van der Waals surface area contributed by atoms with Gasteiger partial charge in [0.05, 0.1) is 22.8 Å². The molecule has 0 bridgehead atoms. The summed E-state index contributed by atoms with van der Waals surface area (Å²) >= 11 is 0. The first-order chi connectivity index (χ1) is 15.7. The van der Waals surface area contributed by atoms with Crippen molar-refractivity contribution in [1.29, 1.82) is 0 Å². The first-order valence-corrected chi connectivity index (χ1v) is 11.9. The smallest absolute Gasteiger partial charge is 0.259 e. The van der Waals surface area contributed by atoms with Crippen LogP contribution in [0.25, 0.3) is 0 Å². The lowest BCUT2D eigenvalue weighted by Gasteiger charge is -2.25. The fraction of sp³-hybridized carbons (Fsp3) is 0.250. The minimum Gasteiger partial charge on any atom is -0.299 e. The maximum atomic E-state index is 14.7. The van der Waals surface area contributed by atoms with Crippen molar-refractivity contribution < 1.29 is 22.0 Å². The number of rotatable bonds is 8. The van der Waals surface area contributed by atoms with Crippen molar-refractivity contribution in [2.75, 3.05) is 18.0 Å². The quantitative estimate of drug-likeness (QED) is 0.481. The Bertz CT molecular complexity index is 1250. The van der Waals surface area contributed by atoms with E-state index in [-0.39, 0.29) is 35.8 Å². The van der Waals surface area contributed by atoms with Crippen LogP contribution in [0.1, 0.15) is 35.5 Å².